The molecule has 0 atom stereocenters. The van der Waals surface area contributed by atoms with Gasteiger partial charge in [0.15, 0.2) is 0 Å². The van der Waals surface area contributed by atoms with Gasteiger partial charge in [-0.15, -0.1) is 0 Å². The molecule has 0 fully saturated rings. The summed E-state index contributed by atoms with van der Waals surface area (Å²) in [7, 11) is 1.27. The second-order valence-corrected chi connectivity index (χ2v) is 8.32. The smallest absolute Gasteiger partial charge is 0.258 e. The quantitative estimate of drug-likeness (QED) is 0.678. The lowest BCUT2D eigenvalue weighted by molar-refractivity contribution is 0.660. The first-order chi connectivity index (χ1) is 13.1. The van der Waals surface area contributed by atoms with Crippen LogP contribution in [0.25, 0.3) is 5.69 Å². The lowest BCUT2D eigenvalue weighted by Crippen LogP contribution is -2.47. The number of aryl methyl sites for hydroxylation is 3. The Labute approximate surface area is 174 Å². The normalized spacial score (nSPS) is 11.1. The molecule has 9 heteroatoms. The van der Waals surface area contributed by atoms with Gasteiger partial charge in [0.1, 0.15) is 0 Å². The van der Waals surface area contributed by atoms with Gasteiger partial charge in [0.05, 0.1) is 15.7 Å². The van der Waals surface area contributed by atoms with Crippen LogP contribution in [0.4, 0.5) is 0 Å². The molecule has 0 unspecified atom stereocenters. The van der Waals surface area contributed by atoms with Crippen LogP contribution in [0.15, 0.2) is 48.4 Å². The molecule has 0 aliphatic carbocycles. The largest absolute Gasteiger partial charge is 0.340 e. The van der Waals surface area contributed by atoms with Gasteiger partial charge in [0.25, 0.3) is 0 Å². The molecule has 6 nitrogen and oxygen atoms in total. The van der Waals surface area contributed by atoms with E-state index in [9.17, 15) is 14.4 Å². The van der Waals surface area contributed by atoms with Crippen molar-refractivity contribution in [2.24, 2.45) is 7.05 Å². The van der Waals surface area contributed by atoms with Crippen LogP contribution in [0, 0.1) is 20.8 Å². The number of nitrogens with one attached hydrogen (secondary N) is 1. The van der Waals surface area contributed by atoms with Gasteiger partial charge >= 0.3 is 17.1 Å². The van der Waals surface area contributed by atoms with E-state index in [2.05, 4.69) is 17.1 Å². The maximum absolute atomic E-state index is 12.3. The number of aromatic amines is 1. The van der Waals surface area contributed by atoms with Crippen molar-refractivity contribution < 1.29 is 0 Å². The van der Waals surface area contributed by atoms with E-state index in [1.165, 1.54) is 36.5 Å². The highest BCUT2D eigenvalue weighted by Crippen LogP contribution is 2.41. The third kappa shape index (κ3) is 3.70. The van der Waals surface area contributed by atoms with Crippen LogP contribution in [0.3, 0.4) is 0 Å². The molecule has 1 aromatic heterocycles. The fourth-order valence-corrected chi connectivity index (χ4v) is 4.41. The summed E-state index contributed by atoms with van der Waals surface area (Å²) in [5, 5.41) is 0.593. The maximum atomic E-state index is 12.3. The number of H-pyrrole nitrogens is 1. The molecule has 0 bridgehead atoms. The van der Waals surface area contributed by atoms with E-state index in [1.54, 1.807) is 0 Å². The SMILES string of the molecule is Cc1cc(C)c(Sc2c(Cl)cc(-n3c(=O)[nH]c(=O)n(C)c3=O)cc2Cl)cc1C. The van der Waals surface area contributed by atoms with E-state index in [1.807, 2.05) is 20.8 Å². The predicted octanol–water partition coefficient (Wildman–Crippen LogP) is 3.61. The monoisotopic (exact) mass is 437 g/mol. The van der Waals surface area contributed by atoms with Crippen LogP contribution >= 0.6 is 35.0 Å². The van der Waals surface area contributed by atoms with Gasteiger partial charge in [0, 0.05) is 16.8 Å². The Morgan fingerprint density at radius 3 is 2.04 bits per heavy atom. The number of hydrogen-bond donors (Lipinski definition) is 1. The van der Waals surface area contributed by atoms with Crippen LogP contribution in [0.2, 0.25) is 10.0 Å². The molecule has 0 saturated carbocycles. The van der Waals surface area contributed by atoms with Gasteiger partial charge in [-0.2, -0.15) is 0 Å². The van der Waals surface area contributed by atoms with Crippen LogP contribution < -0.4 is 17.1 Å². The number of nitrogens with zero attached hydrogens (tertiary/aromatic N) is 2. The van der Waals surface area contributed by atoms with Crippen molar-refractivity contribution in [1.82, 2.24) is 14.1 Å². The standard InChI is InChI=1S/C19H17Cl2N3O3S/c1-9-5-11(3)15(6-10(9)2)28-16-13(20)7-12(8-14(16)21)24-18(26)22-17(25)23(4)19(24)27/h5-8H,1-4H3,(H,22,25,26). The number of benzene rings is 2. The van der Waals surface area contributed by atoms with Crippen molar-refractivity contribution in [2.75, 3.05) is 0 Å². The van der Waals surface area contributed by atoms with E-state index >= 15 is 0 Å². The van der Waals surface area contributed by atoms with Crippen molar-refractivity contribution >= 4 is 35.0 Å². The Balaban J connectivity index is 2.13. The van der Waals surface area contributed by atoms with E-state index in [0.717, 1.165) is 25.2 Å². The van der Waals surface area contributed by atoms with Crippen molar-refractivity contribution in [2.45, 2.75) is 30.6 Å². The van der Waals surface area contributed by atoms with Crippen molar-refractivity contribution in [3.63, 3.8) is 0 Å². The number of halogens is 2. The van der Waals surface area contributed by atoms with Gasteiger partial charge in [0.2, 0.25) is 0 Å². The minimum atomic E-state index is -0.856. The molecule has 2 aromatic carbocycles. The van der Waals surface area contributed by atoms with Crippen molar-refractivity contribution in [3.8, 4) is 5.69 Å². The summed E-state index contributed by atoms with van der Waals surface area (Å²) in [4.78, 5) is 39.7. The molecule has 3 aromatic rings. The fourth-order valence-electron chi connectivity index (χ4n) is 2.71. The maximum Gasteiger partial charge on any atom is 0.340 e. The molecule has 146 valence electrons. The lowest BCUT2D eigenvalue weighted by Gasteiger charge is -2.13. The third-order valence-corrected chi connectivity index (χ3v) is 6.57. The van der Waals surface area contributed by atoms with Gasteiger partial charge in [-0.1, -0.05) is 41.0 Å². The minimum Gasteiger partial charge on any atom is -0.258 e. The molecule has 1 heterocycles. The van der Waals surface area contributed by atoms with Crippen LogP contribution in [0.5, 0.6) is 0 Å². The molecule has 0 aliphatic heterocycles. The van der Waals surface area contributed by atoms with Gasteiger partial charge in [-0.05, 0) is 55.7 Å². The topological polar surface area (TPSA) is 76.9 Å². The van der Waals surface area contributed by atoms with Gasteiger partial charge in [-0.25, -0.2) is 23.5 Å². The number of hydrogen-bond acceptors (Lipinski definition) is 4. The summed E-state index contributed by atoms with van der Waals surface area (Å²) in [5.41, 5.74) is 1.19. The second kappa shape index (κ2) is 7.66. The predicted molar refractivity (Wildman–Crippen MR) is 113 cm³/mol. The van der Waals surface area contributed by atoms with E-state index < -0.39 is 17.1 Å². The average Bonchev–Trinajstić information content (AvgIpc) is 2.60. The second-order valence-electron chi connectivity index (χ2n) is 6.45. The molecular weight excluding hydrogens is 421 g/mol. The van der Waals surface area contributed by atoms with Crippen LogP contribution in [0.1, 0.15) is 16.7 Å². The van der Waals surface area contributed by atoms with E-state index in [-0.39, 0.29) is 5.69 Å². The highest BCUT2D eigenvalue weighted by molar-refractivity contribution is 7.99. The number of rotatable bonds is 3. The molecule has 0 saturated heterocycles. The van der Waals surface area contributed by atoms with Crippen molar-refractivity contribution in [1.29, 1.82) is 0 Å². The molecule has 28 heavy (non-hydrogen) atoms. The lowest BCUT2D eigenvalue weighted by atomic mass is 10.1. The highest BCUT2D eigenvalue weighted by Gasteiger charge is 2.16. The first-order valence-electron chi connectivity index (χ1n) is 8.27. The summed E-state index contributed by atoms with van der Waals surface area (Å²) in [5.74, 6) is 0. The van der Waals surface area contributed by atoms with E-state index in [4.69, 9.17) is 23.2 Å². The summed E-state index contributed by atoms with van der Waals surface area (Å²) in [6.07, 6.45) is 0. The van der Waals surface area contributed by atoms with E-state index in [0.29, 0.717) is 14.9 Å². The van der Waals surface area contributed by atoms with Crippen molar-refractivity contribution in [3.05, 3.63) is 82.5 Å². The summed E-state index contributed by atoms with van der Waals surface area (Å²) in [6.45, 7) is 6.09. The Kier molecular flexibility index (Phi) is 5.61. The Morgan fingerprint density at radius 2 is 1.43 bits per heavy atom. The van der Waals surface area contributed by atoms with Gasteiger partial charge in [-0.3, -0.25) is 4.98 Å². The molecule has 1 N–H and O–H groups in total. The zero-order chi connectivity index (χ0) is 20.7. The third-order valence-electron chi connectivity index (χ3n) is 4.44. The van der Waals surface area contributed by atoms with Crippen LogP contribution in [-0.4, -0.2) is 14.1 Å². The summed E-state index contributed by atoms with van der Waals surface area (Å²) >= 11 is 14.3. The molecule has 0 aliphatic rings. The fraction of sp³-hybridized carbons (Fsp3) is 0.211. The molecule has 0 spiro atoms. The number of aromatic nitrogens is 3. The Morgan fingerprint density at radius 1 is 0.857 bits per heavy atom. The zero-order valence-corrected chi connectivity index (χ0v) is 17.9. The summed E-state index contributed by atoms with van der Waals surface area (Å²) < 4.78 is 1.61. The molecular formula is C19H17Cl2N3O3S. The Bertz CT molecular complexity index is 1250. The summed E-state index contributed by atoms with van der Waals surface area (Å²) in [6, 6.07) is 7.12. The van der Waals surface area contributed by atoms with Crippen LogP contribution in [-0.2, 0) is 7.05 Å². The molecule has 0 amide bonds. The first kappa shape index (κ1) is 20.5. The average molecular weight is 438 g/mol. The minimum absolute atomic E-state index is 0.179. The molecule has 3 rings (SSSR count). The highest BCUT2D eigenvalue weighted by atomic mass is 35.5. The Hall–Kier alpha value is -2.22. The van der Waals surface area contributed by atoms with Gasteiger partial charge < -0.3 is 0 Å². The first-order valence-corrected chi connectivity index (χ1v) is 9.85. The molecule has 0 radical (unpaired) electrons. The zero-order valence-electron chi connectivity index (χ0n) is 15.6.